The van der Waals surface area contributed by atoms with Crippen molar-refractivity contribution in [1.82, 2.24) is 15.5 Å². The monoisotopic (exact) mass is 293 g/mol. The maximum atomic E-state index is 13.5. The fourth-order valence-corrected chi connectivity index (χ4v) is 1.49. The van der Waals surface area contributed by atoms with E-state index in [0.717, 1.165) is 0 Å². The predicted octanol–water partition coefficient (Wildman–Crippen LogP) is 1.05. The van der Waals surface area contributed by atoms with Crippen LogP contribution in [0.5, 0.6) is 0 Å². The maximum absolute atomic E-state index is 13.5. The second-order valence-electron chi connectivity index (χ2n) is 3.88. The van der Waals surface area contributed by atoms with E-state index in [1.165, 1.54) is 18.2 Å². The van der Waals surface area contributed by atoms with Crippen molar-refractivity contribution in [3.63, 3.8) is 0 Å². The zero-order valence-electron chi connectivity index (χ0n) is 11.1. The summed E-state index contributed by atoms with van der Waals surface area (Å²) in [5.41, 5.74) is 0.160. The highest BCUT2D eigenvalue weighted by Gasteiger charge is 2.16. The molecule has 1 aromatic heterocycles. The first kappa shape index (κ1) is 14.6. The molecule has 0 bridgehead atoms. The summed E-state index contributed by atoms with van der Waals surface area (Å²) in [6.07, 6.45) is 0. The molecule has 1 amide bonds. The Kier molecular flexibility index (Phi) is 4.60. The summed E-state index contributed by atoms with van der Waals surface area (Å²) in [6, 6.07) is 5.92. The highest BCUT2D eigenvalue weighted by molar-refractivity contribution is 6.32. The Hall–Kier alpha value is -2.77. The van der Waals surface area contributed by atoms with Crippen molar-refractivity contribution < 1.29 is 23.1 Å². The Morgan fingerprint density at radius 1 is 1.33 bits per heavy atom. The van der Waals surface area contributed by atoms with Gasteiger partial charge < -0.3 is 14.5 Å². The van der Waals surface area contributed by atoms with Gasteiger partial charge in [-0.1, -0.05) is 12.1 Å². The van der Waals surface area contributed by atoms with Crippen LogP contribution in [0.2, 0.25) is 0 Å². The van der Waals surface area contributed by atoms with Gasteiger partial charge in [0.15, 0.2) is 0 Å². The van der Waals surface area contributed by atoms with Crippen LogP contribution in [0.25, 0.3) is 11.5 Å². The summed E-state index contributed by atoms with van der Waals surface area (Å²) in [7, 11) is 0. The van der Waals surface area contributed by atoms with Crippen LogP contribution in [-0.2, 0) is 20.9 Å². The van der Waals surface area contributed by atoms with Crippen molar-refractivity contribution in [2.24, 2.45) is 0 Å². The second-order valence-corrected chi connectivity index (χ2v) is 3.88. The predicted molar refractivity (Wildman–Crippen MR) is 68.2 cm³/mol. The highest BCUT2D eigenvalue weighted by Crippen LogP contribution is 2.20. The lowest BCUT2D eigenvalue weighted by atomic mass is 10.2. The Labute approximate surface area is 119 Å². The third-order valence-corrected chi connectivity index (χ3v) is 2.43. The third-order valence-electron chi connectivity index (χ3n) is 2.43. The van der Waals surface area contributed by atoms with Gasteiger partial charge in [-0.3, -0.25) is 4.79 Å². The molecule has 0 unspecified atom stereocenters. The summed E-state index contributed by atoms with van der Waals surface area (Å²) in [5.74, 6) is -2.36. The van der Waals surface area contributed by atoms with Crippen LogP contribution < -0.4 is 5.32 Å². The van der Waals surface area contributed by atoms with Crippen LogP contribution in [0.4, 0.5) is 4.39 Å². The molecule has 0 radical (unpaired) electrons. The van der Waals surface area contributed by atoms with E-state index in [2.05, 4.69) is 20.3 Å². The minimum atomic E-state index is -0.994. The van der Waals surface area contributed by atoms with E-state index in [4.69, 9.17) is 4.42 Å². The molecular weight excluding hydrogens is 281 g/mol. The Morgan fingerprint density at radius 3 is 2.81 bits per heavy atom. The number of carbonyl (C=O) groups is 2. The van der Waals surface area contributed by atoms with E-state index in [1.807, 2.05) is 0 Å². The highest BCUT2D eigenvalue weighted by atomic mass is 19.1. The molecule has 0 atom stereocenters. The van der Waals surface area contributed by atoms with Crippen molar-refractivity contribution in [3.8, 4) is 11.5 Å². The van der Waals surface area contributed by atoms with Crippen LogP contribution in [-0.4, -0.2) is 28.7 Å². The zero-order valence-corrected chi connectivity index (χ0v) is 11.1. The zero-order chi connectivity index (χ0) is 15.2. The van der Waals surface area contributed by atoms with Gasteiger partial charge in [0.25, 0.3) is 5.89 Å². The fourth-order valence-electron chi connectivity index (χ4n) is 1.49. The van der Waals surface area contributed by atoms with E-state index in [0.29, 0.717) is 0 Å². The standard InChI is InChI=1S/C13H12FN3O4/c1-2-20-13(19)11(18)15-7-10-16-17-12(21-10)8-5-3-4-6-9(8)14/h3-6H,2,7H2,1H3,(H,15,18). The molecule has 0 fully saturated rings. The lowest BCUT2D eigenvalue weighted by molar-refractivity contribution is -0.154. The van der Waals surface area contributed by atoms with Crippen molar-refractivity contribution in [2.75, 3.05) is 6.61 Å². The van der Waals surface area contributed by atoms with E-state index in [9.17, 15) is 14.0 Å². The summed E-state index contributed by atoms with van der Waals surface area (Å²) in [5, 5.41) is 9.60. The quantitative estimate of drug-likeness (QED) is 0.669. The van der Waals surface area contributed by atoms with Crippen molar-refractivity contribution in [2.45, 2.75) is 13.5 Å². The van der Waals surface area contributed by atoms with E-state index < -0.39 is 17.7 Å². The summed E-state index contributed by atoms with van der Waals surface area (Å²) in [6.45, 7) is 1.53. The average Bonchev–Trinajstić information content (AvgIpc) is 2.94. The number of nitrogens with one attached hydrogen (secondary N) is 1. The molecule has 0 aliphatic heterocycles. The number of nitrogens with zero attached hydrogens (tertiary/aromatic N) is 2. The molecule has 0 saturated carbocycles. The van der Waals surface area contributed by atoms with Gasteiger partial charge >= 0.3 is 11.9 Å². The molecule has 21 heavy (non-hydrogen) atoms. The lowest BCUT2D eigenvalue weighted by Crippen LogP contribution is -2.32. The number of halogens is 1. The number of rotatable bonds is 4. The maximum Gasteiger partial charge on any atom is 0.396 e. The molecule has 0 spiro atoms. The number of hydrogen-bond donors (Lipinski definition) is 1. The number of benzene rings is 1. The first-order chi connectivity index (χ1) is 10.1. The third kappa shape index (κ3) is 3.62. The van der Waals surface area contributed by atoms with Crippen molar-refractivity contribution in [1.29, 1.82) is 0 Å². The van der Waals surface area contributed by atoms with E-state index in [-0.39, 0.29) is 30.5 Å². The molecule has 1 aromatic carbocycles. The average molecular weight is 293 g/mol. The normalized spacial score (nSPS) is 10.2. The molecule has 2 rings (SSSR count). The number of aromatic nitrogens is 2. The molecule has 0 saturated heterocycles. The SMILES string of the molecule is CCOC(=O)C(=O)NCc1nnc(-c2ccccc2F)o1. The Morgan fingerprint density at radius 2 is 2.10 bits per heavy atom. The lowest BCUT2D eigenvalue weighted by Gasteiger charge is -2.01. The molecule has 0 aliphatic rings. The molecule has 1 heterocycles. The number of esters is 1. The van der Waals surface area contributed by atoms with E-state index in [1.54, 1.807) is 13.0 Å². The number of amides is 1. The van der Waals surface area contributed by atoms with Crippen molar-refractivity contribution >= 4 is 11.9 Å². The molecule has 2 aromatic rings. The molecule has 7 nitrogen and oxygen atoms in total. The van der Waals surface area contributed by atoms with Gasteiger partial charge in [-0.05, 0) is 19.1 Å². The van der Waals surface area contributed by atoms with Crippen LogP contribution in [0.3, 0.4) is 0 Å². The second kappa shape index (κ2) is 6.60. The summed E-state index contributed by atoms with van der Waals surface area (Å²) >= 11 is 0. The smallest absolute Gasteiger partial charge is 0.396 e. The topological polar surface area (TPSA) is 94.3 Å². The Bertz CT molecular complexity index is 656. The van der Waals surface area contributed by atoms with Crippen LogP contribution in [0.1, 0.15) is 12.8 Å². The van der Waals surface area contributed by atoms with Gasteiger partial charge in [-0.15, -0.1) is 10.2 Å². The van der Waals surface area contributed by atoms with Crippen LogP contribution in [0.15, 0.2) is 28.7 Å². The van der Waals surface area contributed by atoms with Gasteiger partial charge in [-0.25, -0.2) is 9.18 Å². The van der Waals surface area contributed by atoms with Gasteiger partial charge in [-0.2, -0.15) is 0 Å². The molecule has 1 N–H and O–H groups in total. The molecular formula is C13H12FN3O4. The van der Waals surface area contributed by atoms with Crippen LogP contribution in [0, 0.1) is 5.82 Å². The molecule has 110 valence electrons. The number of ether oxygens (including phenoxy) is 1. The minimum absolute atomic E-state index is 0.00603. The first-order valence-corrected chi connectivity index (χ1v) is 6.14. The van der Waals surface area contributed by atoms with Gasteiger partial charge in [0.2, 0.25) is 5.89 Å². The van der Waals surface area contributed by atoms with Crippen LogP contribution >= 0.6 is 0 Å². The van der Waals surface area contributed by atoms with Crippen molar-refractivity contribution in [3.05, 3.63) is 36.0 Å². The fraction of sp³-hybridized carbons (Fsp3) is 0.231. The van der Waals surface area contributed by atoms with Gasteiger partial charge in [0, 0.05) is 0 Å². The van der Waals surface area contributed by atoms with E-state index >= 15 is 0 Å². The minimum Gasteiger partial charge on any atom is -0.459 e. The first-order valence-electron chi connectivity index (χ1n) is 6.14. The van der Waals surface area contributed by atoms with Gasteiger partial charge in [0.1, 0.15) is 5.82 Å². The Balaban J connectivity index is 2.00. The number of carbonyl (C=O) groups excluding carboxylic acids is 2. The molecule has 0 aliphatic carbocycles. The van der Waals surface area contributed by atoms with Gasteiger partial charge in [0.05, 0.1) is 18.7 Å². The largest absolute Gasteiger partial charge is 0.459 e. The summed E-state index contributed by atoms with van der Waals surface area (Å²) in [4.78, 5) is 22.4. The number of hydrogen-bond acceptors (Lipinski definition) is 6. The summed E-state index contributed by atoms with van der Waals surface area (Å²) < 4.78 is 23.3. The molecule has 8 heteroatoms.